The van der Waals surface area contributed by atoms with Gasteiger partial charge in [-0.2, -0.15) is 0 Å². The lowest BCUT2D eigenvalue weighted by atomic mass is 9.80. The number of H-pyrrole nitrogens is 1. The van der Waals surface area contributed by atoms with Crippen molar-refractivity contribution >= 4 is 28.4 Å². The number of amides is 1. The lowest BCUT2D eigenvalue weighted by molar-refractivity contribution is -0.142. The van der Waals surface area contributed by atoms with E-state index in [4.69, 9.17) is 16.3 Å². The van der Waals surface area contributed by atoms with Gasteiger partial charge in [-0.3, -0.25) is 4.79 Å². The number of rotatable bonds is 3. The van der Waals surface area contributed by atoms with Crippen molar-refractivity contribution in [2.75, 3.05) is 13.7 Å². The quantitative estimate of drug-likeness (QED) is 0.876. The van der Waals surface area contributed by atoms with Crippen LogP contribution < -0.4 is 0 Å². The van der Waals surface area contributed by atoms with E-state index in [1.54, 1.807) is 0 Å². The summed E-state index contributed by atoms with van der Waals surface area (Å²) in [5.41, 5.74) is 2.46. The van der Waals surface area contributed by atoms with Crippen LogP contribution in [0.25, 0.3) is 10.9 Å². The van der Waals surface area contributed by atoms with Crippen LogP contribution in [0.5, 0.6) is 0 Å². The van der Waals surface area contributed by atoms with Crippen LogP contribution in [-0.4, -0.2) is 41.6 Å². The van der Waals surface area contributed by atoms with Crippen LogP contribution in [0.15, 0.2) is 24.4 Å². The summed E-state index contributed by atoms with van der Waals surface area (Å²) in [6.45, 7) is 0.716. The fraction of sp³-hybridized carbons (Fsp3) is 0.550. The SMILES string of the molecule is CN(C(=O)[C@@H]1CCCO1)C1CCC[C@@H](c2c[nH]c3ccc(Cl)cc23)C1. The van der Waals surface area contributed by atoms with Crippen molar-refractivity contribution < 1.29 is 9.53 Å². The number of fused-ring (bicyclic) bond motifs is 1. The Morgan fingerprint density at radius 1 is 1.28 bits per heavy atom. The van der Waals surface area contributed by atoms with Crippen LogP contribution >= 0.6 is 11.6 Å². The van der Waals surface area contributed by atoms with Crippen molar-refractivity contribution in [1.82, 2.24) is 9.88 Å². The van der Waals surface area contributed by atoms with Crippen LogP contribution in [-0.2, 0) is 9.53 Å². The molecule has 25 heavy (non-hydrogen) atoms. The molecule has 5 heteroatoms. The third kappa shape index (κ3) is 3.30. The fourth-order valence-corrected chi connectivity index (χ4v) is 4.60. The molecule has 134 valence electrons. The minimum atomic E-state index is -0.225. The molecule has 1 saturated carbocycles. The average molecular weight is 361 g/mol. The van der Waals surface area contributed by atoms with E-state index >= 15 is 0 Å². The van der Waals surface area contributed by atoms with Crippen molar-refractivity contribution in [2.24, 2.45) is 0 Å². The molecule has 2 aliphatic rings. The minimum Gasteiger partial charge on any atom is -0.368 e. The molecule has 0 spiro atoms. The summed E-state index contributed by atoms with van der Waals surface area (Å²) in [6.07, 6.45) is 8.15. The molecule has 2 aromatic rings. The average Bonchev–Trinajstić information content (AvgIpc) is 3.30. The van der Waals surface area contributed by atoms with Gasteiger partial charge >= 0.3 is 0 Å². The maximum absolute atomic E-state index is 12.7. The molecule has 4 nitrogen and oxygen atoms in total. The monoisotopic (exact) mass is 360 g/mol. The van der Waals surface area contributed by atoms with Crippen LogP contribution in [0.1, 0.15) is 50.0 Å². The molecule has 1 aromatic carbocycles. The van der Waals surface area contributed by atoms with Gasteiger partial charge in [-0.25, -0.2) is 0 Å². The first-order valence-electron chi connectivity index (χ1n) is 9.28. The number of hydrogen-bond acceptors (Lipinski definition) is 2. The maximum Gasteiger partial charge on any atom is 0.251 e. The zero-order valence-corrected chi connectivity index (χ0v) is 15.4. The molecule has 1 saturated heterocycles. The van der Waals surface area contributed by atoms with Crippen LogP contribution in [0.2, 0.25) is 5.02 Å². The first-order valence-corrected chi connectivity index (χ1v) is 9.66. The third-order valence-electron chi connectivity index (χ3n) is 5.86. The van der Waals surface area contributed by atoms with Gasteiger partial charge in [0.25, 0.3) is 5.91 Å². The Kier molecular flexibility index (Phi) is 4.74. The number of carbonyl (C=O) groups excluding carboxylic acids is 1. The van der Waals surface area contributed by atoms with Gasteiger partial charge < -0.3 is 14.6 Å². The summed E-state index contributed by atoms with van der Waals surface area (Å²) in [5, 5.41) is 1.98. The number of aromatic nitrogens is 1. The van der Waals surface area contributed by atoms with E-state index in [0.717, 1.165) is 49.1 Å². The second-order valence-electron chi connectivity index (χ2n) is 7.40. The summed E-state index contributed by atoms with van der Waals surface area (Å²) in [5.74, 6) is 0.621. The Hall–Kier alpha value is -1.52. The largest absolute Gasteiger partial charge is 0.368 e. The van der Waals surface area contributed by atoms with Crippen molar-refractivity contribution in [2.45, 2.75) is 56.6 Å². The molecule has 1 unspecified atom stereocenters. The van der Waals surface area contributed by atoms with Gasteiger partial charge in [0.1, 0.15) is 6.10 Å². The highest BCUT2D eigenvalue weighted by atomic mass is 35.5. The topological polar surface area (TPSA) is 45.3 Å². The highest BCUT2D eigenvalue weighted by Gasteiger charge is 2.33. The Bertz CT molecular complexity index is 766. The number of benzene rings is 1. The molecule has 0 radical (unpaired) electrons. The van der Waals surface area contributed by atoms with Gasteiger partial charge in [0.05, 0.1) is 0 Å². The zero-order valence-electron chi connectivity index (χ0n) is 14.6. The van der Waals surface area contributed by atoms with E-state index in [1.165, 1.54) is 10.9 Å². The number of hydrogen-bond donors (Lipinski definition) is 1. The van der Waals surface area contributed by atoms with E-state index in [0.29, 0.717) is 18.6 Å². The Morgan fingerprint density at radius 2 is 2.16 bits per heavy atom. The molecule has 1 aliphatic heterocycles. The molecule has 2 fully saturated rings. The summed E-state index contributed by atoms with van der Waals surface area (Å²) < 4.78 is 5.59. The molecule has 1 aliphatic carbocycles. The Labute approximate surface area is 153 Å². The molecule has 1 amide bonds. The zero-order chi connectivity index (χ0) is 17.4. The Balaban J connectivity index is 1.52. The number of halogens is 1. The molecule has 1 aromatic heterocycles. The van der Waals surface area contributed by atoms with Crippen LogP contribution in [0.4, 0.5) is 0 Å². The normalized spacial score (nSPS) is 26.9. The van der Waals surface area contributed by atoms with Crippen molar-refractivity contribution in [3.05, 3.63) is 35.0 Å². The Morgan fingerprint density at radius 3 is 2.96 bits per heavy atom. The summed E-state index contributed by atoms with van der Waals surface area (Å²) in [7, 11) is 1.95. The van der Waals surface area contributed by atoms with Gasteiger partial charge in [-0.15, -0.1) is 0 Å². The first-order chi connectivity index (χ1) is 12.1. The number of aromatic amines is 1. The van der Waals surface area contributed by atoms with Crippen molar-refractivity contribution in [1.29, 1.82) is 0 Å². The van der Waals surface area contributed by atoms with Gasteiger partial charge in [-0.05, 0) is 61.8 Å². The van der Waals surface area contributed by atoms with Gasteiger partial charge in [0.15, 0.2) is 0 Å². The number of nitrogens with zero attached hydrogens (tertiary/aromatic N) is 1. The van der Waals surface area contributed by atoms with Gasteiger partial charge in [0.2, 0.25) is 0 Å². The van der Waals surface area contributed by atoms with E-state index < -0.39 is 0 Å². The number of ether oxygens (including phenoxy) is 1. The van der Waals surface area contributed by atoms with Crippen LogP contribution in [0.3, 0.4) is 0 Å². The second kappa shape index (κ2) is 7.00. The van der Waals surface area contributed by atoms with E-state index in [9.17, 15) is 4.79 Å². The molecule has 1 N–H and O–H groups in total. The molecule has 2 heterocycles. The standard InChI is InChI=1S/C20H25ClN2O2/c1-23(20(24)19-6-3-9-25-19)15-5-2-4-13(10-15)17-12-22-18-8-7-14(21)11-16(17)18/h7-8,11-13,15,19,22H,2-6,9-10H2,1H3/t13-,15?,19+/m1/s1. The highest BCUT2D eigenvalue weighted by molar-refractivity contribution is 6.31. The van der Waals surface area contributed by atoms with Gasteiger partial charge in [-0.1, -0.05) is 18.0 Å². The smallest absolute Gasteiger partial charge is 0.251 e. The highest BCUT2D eigenvalue weighted by Crippen LogP contribution is 2.38. The van der Waals surface area contributed by atoms with Crippen molar-refractivity contribution in [3.63, 3.8) is 0 Å². The molecular formula is C20H25ClN2O2. The summed E-state index contributed by atoms with van der Waals surface area (Å²) in [6, 6.07) is 6.30. The summed E-state index contributed by atoms with van der Waals surface area (Å²) >= 11 is 6.20. The maximum atomic E-state index is 12.7. The molecule has 4 rings (SSSR count). The second-order valence-corrected chi connectivity index (χ2v) is 7.84. The van der Waals surface area contributed by atoms with Gasteiger partial charge in [0, 0.05) is 41.8 Å². The molecule has 0 bridgehead atoms. The number of carbonyl (C=O) groups is 1. The molecular weight excluding hydrogens is 336 g/mol. The molecule has 3 atom stereocenters. The van der Waals surface area contributed by atoms with Crippen molar-refractivity contribution in [3.8, 4) is 0 Å². The third-order valence-corrected chi connectivity index (χ3v) is 6.10. The lowest BCUT2D eigenvalue weighted by Gasteiger charge is -2.36. The fourth-order valence-electron chi connectivity index (χ4n) is 4.43. The number of likely N-dealkylation sites (N-methyl/N-ethyl adjacent to an activating group) is 1. The minimum absolute atomic E-state index is 0.158. The summed E-state index contributed by atoms with van der Waals surface area (Å²) in [4.78, 5) is 18.0. The van der Waals surface area contributed by atoms with E-state index in [2.05, 4.69) is 11.2 Å². The van der Waals surface area contributed by atoms with E-state index in [1.807, 2.05) is 30.1 Å². The predicted octanol–water partition coefficient (Wildman–Crippen LogP) is 4.48. The van der Waals surface area contributed by atoms with E-state index in [-0.39, 0.29) is 12.0 Å². The lowest BCUT2D eigenvalue weighted by Crippen LogP contribution is -2.44. The first kappa shape index (κ1) is 16.9. The predicted molar refractivity (Wildman–Crippen MR) is 100 cm³/mol. The number of nitrogens with one attached hydrogen (secondary N) is 1. The van der Waals surface area contributed by atoms with Crippen LogP contribution in [0, 0.1) is 0 Å².